The van der Waals surface area contributed by atoms with Gasteiger partial charge in [0.1, 0.15) is 6.04 Å². The van der Waals surface area contributed by atoms with Crippen LogP contribution in [0.2, 0.25) is 0 Å². The lowest BCUT2D eigenvalue weighted by atomic mass is 10.1. The fourth-order valence-electron chi connectivity index (χ4n) is 2.46. The Hall–Kier alpha value is -1.43. The zero-order chi connectivity index (χ0) is 15.2. The van der Waals surface area contributed by atoms with Crippen LogP contribution in [0.3, 0.4) is 0 Å². The van der Waals surface area contributed by atoms with Gasteiger partial charge in [0, 0.05) is 25.7 Å². The van der Waals surface area contributed by atoms with Gasteiger partial charge in [0.05, 0.1) is 13.2 Å². The predicted octanol–water partition coefficient (Wildman–Crippen LogP) is 0.871. The van der Waals surface area contributed by atoms with Crippen molar-refractivity contribution < 1.29 is 9.53 Å². The Morgan fingerprint density at radius 2 is 2.05 bits per heavy atom. The van der Waals surface area contributed by atoms with Gasteiger partial charge in [-0.3, -0.25) is 9.69 Å². The van der Waals surface area contributed by atoms with Crippen LogP contribution in [0, 0.1) is 0 Å². The second-order valence-electron chi connectivity index (χ2n) is 5.75. The van der Waals surface area contributed by atoms with Crippen molar-refractivity contribution in [1.29, 1.82) is 0 Å². The Balaban J connectivity index is 2.02. The van der Waals surface area contributed by atoms with Crippen molar-refractivity contribution in [3.63, 3.8) is 0 Å². The molecule has 0 radical (unpaired) electrons. The van der Waals surface area contributed by atoms with Crippen LogP contribution in [-0.4, -0.2) is 42.6 Å². The van der Waals surface area contributed by atoms with E-state index in [9.17, 15) is 4.79 Å². The van der Waals surface area contributed by atoms with Gasteiger partial charge < -0.3 is 15.8 Å². The summed E-state index contributed by atoms with van der Waals surface area (Å²) in [6.07, 6.45) is 0. The molecule has 0 bridgehead atoms. The highest BCUT2D eigenvalue weighted by molar-refractivity contribution is 5.82. The molecule has 0 spiro atoms. The van der Waals surface area contributed by atoms with Gasteiger partial charge in [0.15, 0.2) is 0 Å². The third-order valence-electron chi connectivity index (χ3n) is 3.62. The highest BCUT2D eigenvalue weighted by Crippen LogP contribution is 2.13. The third-order valence-corrected chi connectivity index (χ3v) is 3.62. The minimum absolute atomic E-state index is 0.0447. The van der Waals surface area contributed by atoms with Crippen molar-refractivity contribution in [2.24, 2.45) is 5.73 Å². The quantitative estimate of drug-likeness (QED) is 0.845. The van der Waals surface area contributed by atoms with Gasteiger partial charge in [-0.2, -0.15) is 0 Å². The summed E-state index contributed by atoms with van der Waals surface area (Å²) in [6, 6.07) is 8.17. The van der Waals surface area contributed by atoms with Gasteiger partial charge in [0.2, 0.25) is 5.91 Å². The molecule has 5 nitrogen and oxygen atoms in total. The number of benzene rings is 1. The maximum Gasteiger partial charge on any atom is 0.239 e. The second kappa shape index (κ2) is 7.54. The number of rotatable bonds is 5. The van der Waals surface area contributed by atoms with E-state index >= 15 is 0 Å². The van der Waals surface area contributed by atoms with Crippen LogP contribution in [0.1, 0.15) is 25.0 Å². The molecule has 1 aliphatic heterocycles. The van der Waals surface area contributed by atoms with Gasteiger partial charge in [0.25, 0.3) is 0 Å². The number of nitrogens with two attached hydrogens (primary N) is 1. The number of nitrogens with zero attached hydrogens (tertiary/aromatic N) is 1. The largest absolute Gasteiger partial charge is 0.378 e. The topological polar surface area (TPSA) is 67.6 Å². The highest BCUT2D eigenvalue weighted by atomic mass is 16.5. The first-order valence-corrected chi connectivity index (χ1v) is 7.50. The van der Waals surface area contributed by atoms with Crippen LogP contribution >= 0.6 is 0 Å². The van der Waals surface area contributed by atoms with E-state index in [1.807, 2.05) is 26.0 Å². The van der Waals surface area contributed by atoms with Crippen LogP contribution in [0.15, 0.2) is 24.3 Å². The number of amides is 1. The summed E-state index contributed by atoms with van der Waals surface area (Å²) in [7, 11) is 0. The molecule has 116 valence electrons. The number of morpholine rings is 1. The molecule has 0 saturated carbocycles. The Morgan fingerprint density at radius 3 is 2.67 bits per heavy atom. The number of carbonyl (C=O) groups excluding carboxylic acids is 1. The van der Waals surface area contributed by atoms with Gasteiger partial charge >= 0.3 is 0 Å². The molecular weight excluding hydrogens is 266 g/mol. The molecule has 21 heavy (non-hydrogen) atoms. The minimum atomic E-state index is -0.213. The van der Waals surface area contributed by atoms with E-state index in [0.29, 0.717) is 19.8 Å². The second-order valence-corrected chi connectivity index (χ2v) is 5.75. The van der Waals surface area contributed by atoms with E-state index in [0.717, 1.165) is 18.7 Å². The standard InChI is InChI=1S/C16H25N3O2/c1-12(2)18-16(20)15-11-21-8-7-19(15)10-14-5-3-13(9-17)4-6-14/h3-6,12,15H,7-11,17H2,1-2H3,(H,18,20). The van der Waals surface area contributed by atoms with Gasteiger partial charge in [-0.15, -0.1) is 0 Å². The molecule has 1 atom stereocenters. The summed E-state index contributed by atoms with van der Waals surface area (Å²) in [5, 5.41) is 2.97. The lowest BCUT2D eigenvalue weighted by Gasteiger charge is -2.35. The van der Waals surface area contributed by atoms with Crippen LogP contribution in [0.25, 0.3) is 0 Å². The monoisotopic (exact) mass is 291 g/mol. The summed E-state index contributed by atoms with van der Waals surface area (Å²) in [5.41, 5.74) is 7.92. The van der Waals surface area contributed by atoms with Gasteiger partial charge in [-0.05, 0) is 25.0 Å². The minimum Gasteiger partial charge on any atom is -0.378 e. The zero-order valence-electron chi connectivity index (χ0n) is 12.8. The van der Waals surface area contributed by atoms with Crippen LogP contribution in [0.5, 0.6) is 0 Å². The van der Waals surface area contributed by atoms with Crippen molar-refractivity contribution in [2.75, 3.05) is 19.8 Å². The van der Waals surface area contributed by atoms with E-state index in [2.05, 4.69) is 22.3 Å². The normalized spacial score (nSPS) is 19.7. The van der Waals surface area contributed by atoms with Crippen LogP contribution < -0.4 is 11.1 Å². The van der Waals surface area contributed by atoms with E-state index in [4.69, 9.17) is 10.5 Å². The number of hydrogen-bond acceptors (Lipinski definition) is 4. The van der Waals surface area contributed by atoms with Crippen molar-refractivity contribution in [3.8, 4) is 0 Å². The molecule has 1 fully saturated rings. The molecule has 0 aromatic heterocycles. The summed E-state index contributed by atoms with van der Waals surface area (Å²) < 4.78 is 5.47. The van der Waals surface area contributed by atoms with E-state index in [1.54, 1.807) is 0 Å². The van der Waals surface area contributed by atoms with Crippen molar-refractivity contribution in [1.82, 2.24) is 10.2 Å². The highest BCUT2D eigenvalue weighted by Gasteiger charge is 2.29. The third kappa shape index (κ3) is 4.52. The Bertz CT molecular complexity index is 459. The van der Waals surface area contributed by atoms with Crippen molar-refractivity contribution >= 4 is 5.91 Å². The molecule has 1 heterocycles. The molecule has 1 saturated heterocycles. The Labute approximate surface area is 126 Å². The number of nitrogens with one attached hydrogen (secondary N) is 1. The first kappa shape index (κ1) is 15.9. The van der Waals surface area contributed by atoms with Gasteiger partial charge in [-0.1, -0.05) is 24.3 Å². The SMILES string of the molecule is CC(C)NC(=O)C1COCCN1Cc1ccc(CN)cc1. The smallest absolute Gasteiger partial charge is 0.239 e. The van der Waals surface area contributed by atoms with E-state index < -0.39 is 0 Å². The summed E-state index contributed by atoms with van der Waals surface area (Å²) in [5.74, 6) is 0.0447. The average Bonchev–Trinajstić information content (AvgIpc) is 2.48. The summed E-state index contributed by atoms with van der Waals surface area (Å²) >= 11 is 0. The zero-order valence-corrected chi connectivity index (χ0v) is 12.8. The van der Waals surface area contributed by atoms with Crippen LogP contribution in [-0.2, 0) is 22.6 Å². The lowest BCUT2D eigenvalue weighted by molar-refractivity contribution is -0.133. The molecule has 1 amide bonds. The molecule has 1 aromatic carbocycles. The number of ether oxygens (including phenoxy) is 1. The molecule has 3 N–H and O–H groups in total. The van der Waals surface area contributed by atoms with E-state index in [-0.39, 0.29) is 18.0 Å². The molecule has 0 aliphatic carbocycles. The molecule has 1 unspecified atom stereocenters. The molecule has 1 aromatic rings. The van der Waals surface area contributed by atoms with Crippen LogP contribution in [0.4, 0.5) is 0 Å². The van der Waals surface area contributed by atoms with Gasteiger partial charge in [-0.25, -0.2) is 0 Å². The first-order chi connectivity index (χ1) is 10.1. The average molecular weight is 291 g/mol. The number of hydrogen-bond donors (Lipinski definition) is 2. The van der Waals surface area contributed by atoms with Crippen molar-refractivity contribution in [3.05, 3.63) is 35.4 Å². The Kier molecular flexibility index (Phi) is 5.73. The lowest BCUT2D eigenvalue weighted by Crippen LogP contribution is -2.54. The predicted molar refractivity (Wildman–Crippen MR) is 82.6 cm³/mol. The summed E-state index contributed by atoms with van der Waals surface area (Å²) in [4.78, 5) is 14.4. The maximum atomic E-state index is 12.3. The maximum absolute atomic E-state index is 12.3. The molecule has 5 heteroatoms. The number of carbonyl (C=O) groups is 1. The molecule has 1 aliphatic rings. The molecular formula is C16H25N3O2. The first-order valence-electron chi connectivity index (χ1n) is 7.50. The Morgan fingerprint density at radius 1 is 1.38 bits per heavy atom. The van der Waals surface area contributed by atoms with E-state index in [1.165, 1.54) is 5.56 Å². The summed E-state index contributed by atoms with van der Waals surface area (Å²) in [6.45, 7) is 7.15. The fourth-order valence-corrected chi connectivity index (χ4v) is 2.46. The van der Waals surface area contributed by atoms with Crippen molar-refractivity contribution in [2.45, 2.75) is 39.0 Å². The molecule has 2 rings (SSSR count). The fraction of sp³-hybridized carbons (Fsp3) is 0.562.